The minimum Gasteiger partial charge on any atom is -0.445 e. The fourth-order valence-electron chi connectivity index (χ4n) is 3.63. The van der Waals surface area contributed by atoms with Gasteiger partial charge in [-0.15, -0.1) is 0 Å². The summed E-state index contributed by atoms with van der Waals surface area (Å²) in [6, 6.07) is 10.1. The molecule has 0 radical (unpaired) electrons. The number of carbonyl (C=O) groups excluding carboxylic acids is 1. The van der Waals surface area contributed by atoms with E-state index in [2.05, 4.69) is 6.08 Å². The van der Waals surface area contributed by atoms with Gasteiger partial charge in [0, 0.05) is 26.7 Å². The van der Waals surface area contributed by atoms with Gasteiger partial charge in [-0.3, -0.25) is 4.90 Å². The Balaban J connectivity index is 1.59. The standard InChI is InChI=1S/C19H25NO4/c1-22-18(23-2)12-15-10-16-8-9-17(11-15)20(16)19(21)24-13-14-6-4-3-5-7-14/h3-7,10,16-18H,8-9,11-13H2,1-2H3. The van der Waals surface area contributed by atoms with Crippen molar-refractivity contribution in [2.45, 2.75) is 50.7 Å². The molecule has 1 fully saturated rings. The van der Waals surface area contributed by atoms with E-state index in [0.717, 1.165) is 31.2 Å². The molecule has 0 aliphatic carbocycles. The summed E-state index contributed by atoms with van der Waals surface area (Å²) in [4.78, 5) is 14.4. The van der Waals surface area contributed by atoms with Crippen LogP contribution >= 0.6 is 0 Å². The van der Waals surface area contributed by atoms with Gasteiger partial charge in [0.15, 0.2) is 6.29 Å². The molecule has 0 saturated carbocycles. The highest BCUT2D eigenvalue weighted by molar-refractivity contribution is 5.70. The van der Waals surface area contributed by atoms with Crippen LogP contribution in [-0.2, 0) is 20.8 Å². The van der Waals surface area contributed by atoms with E-state index in [1.165, 1.54) is 5.57 Å². The number of fused-ring (bicyclic) bond motifs is 2. The van der Waals surface area contributed by atoms with Crippen molar-refractivity contribution in [3.05, 3.63) is 47.5 Å². The van der Waals surface area contributed by atoms with E-state index < -0.39 is 0 Å². The Kier molecular flexibility index (Phi) is 5.53. The molecule has 130 valence electrons. The van der Waals surface area contributed by atoms with E-state index in [1.54, 1.807) is 14.2 Å². The maximum atomic E-state index is 12.5. The first kappa shape index (κ1) is 17.0. The first-order valence-electron chi connectivity index (χ1n) is 8.45. The number of carbonyl (C=O) groups is 1. The molecule has 2 unspecified atom stereocenters. The van der Waals surface area contributed by atoms with E-state index in [9.17, 15) is 4.79 Å². The summed E-state index contributed by atoms with van der Waals surface area (Å²) in [5, 5.41) is 0. The van der Waals surface area contributed by atoms with Crippen molar-refractivity contribution in [1.82, 2.24) is 4.90 Å². The predicted molar refractivity (Wildman–Crippen MR) is 90.4 cm³/mol. The highest BCUT2D eigenvalue weighted by Gasteiger charge is 2.40. The quantitative estimate of drug-likeness (QED) is 0.591. The van der Waals surface area contributed by atoms with Crippen molar-refractivity contribution in [3.63, 3.8) is 0 Å². The second-order valence-electron chi connectivity index (χ2n) is 6.38. The average Bonchev–Trinajstić information content (AvgIpc) is 2.89. The van der Waals surface area contributed by atoms with Gasteiger partial charge < -0.3 is 14.2 Å². The van der Waals surface area contributed by atoms with Gasteiger partial charge >= 0.3 is 6.09 Å². The highest BCUT2D eigenvalue weighted by Crippen LogP contribution is 2.37. The lowest BCUT2D eigenvalue weighted by molar-refractivity contribution is -0.101. The zero-order chi connectivity index (χ0) is 16.9. The van der Waals surface area contributed by atoms with Crippen LogP contribution < -0.4 is 0 Å². The Hall–Kier alpha value is -1.85. The lowest BCUT2D eigenvalue weighted by Gasteiger charge is -2.33. The van der Waals surface area contributed by atoms with Gasteiger partial charge in [0.05, 0.1) is 6.04 Å². The number of nitrogens with zero attached hydrogens (tertiary/aromatic N) is 1. The molecule has 2 bridgehead atoms. The normalized spacial score (nSPS) is 22.6. The van der Waals surface area contributed by atoms with Gasteiger partial charge in [-0.1, -0.05) is 42.0 Å². The smallest absolute Gasteiger partial charge is 0.410 e. The van der Waals surface area contributed by atoms with Crippen molar-refractivity contribution >= 4 is 6.09 Å². The molecule has 1 aromatic rings. The molecule has 0 N–H and O–H groups in total. The van der Waals surface area contributed by atoms with E-state index in [-0.39, 0.29) is 24.5 Å². The predicted octanol–water partition coefficient (Wildman–Crippen LogP) is 3.50. The molecule has 0 aromatic heterocycles. The maximum absolute atomic E-state index is 12.5. The van der Waals surface area contributed by atoms with Crippen LogP contribution in [0.5, 0.6) is 0 Å². The average molecular weight is 331 g/mol. The second-order valence-corrected chi connectivity index (χ2v) is 6.38. The summed E-state index contributed by atoms with van der Waals surface area (Å²) in [6.45, 7) is 0.321. The van der Waals surface area contributed by atoms with Crippen LogP contribution in [0.25, 0.3) is 0 Å². The van der Waals surface area contributed by atoms with Crippen LogP contribution in [0.4, 0.5) is 4.79 Å². The topological polar surface area (TPSA) is 48.0 Å². The van der Waals surface area contributed by atoms with E-state index >= 15 is 0 Å². The van der Waals surface area contributed by atoms with Gasteiger partial charge in [-0.2, -0.15) is 0 Å². The third kappa shape index (κ3) is 3.79. The van der Waals surface area contributed by atoms with Crippen LogP contribution in [0.2, 0.25) is 0 Å². The van der Waals surface area contributed by atoms with Crippen LogP contribution in [0.3, 0.4) is 0 Å². The summed E-state index contributed by atoms with van der Waals surface area (Å²) in [6.07, 6.45) is 5.42. The zero-order valence-electron chi connectivity index (χ0n) is 14.3. The largest absolute Gasteiger partial charge is 0.445 e. The summed E-state index contributed by atoms with van der Waals surface area (Å²) in [5.74, 6) is 0. The number of hydrogen-bond acceptors (Lipinski definition) is 4. The number of amides is 1. The summed E-state index contributed by atoms with van der Waals surface area (Å²) < 4.78 is 16.1. The number of hydrogen-bond donors (Lipinski definition) is 0. The van der Waals surface area contributed by atoms with Crippen molar-refractivity contribution in [1.29, 1.82) is 0 Å². The van der Waals surface area contributed by atoms with Gasteiger partial charge in [-0.05, 0) is 24.8 Å². The Morgan fingerprint density at radius 2 is 1.96 bits per heavy atom. The lowest BCUT2D eigenvalue weighted by Crippen LogP contribution is -2.43. The second kappa shape index (κ2) is 7.81. The molecule has 0 spiro atoms. The maximum Gasteiger partial charge on any atom is 0.410 e. The zero-order valence-corrected chi connectivity index (χ0v) is 14.3. The minimum absolute atomic E-state index is 0.136. The molecule has 3 rings (SSSR count). The highest BCUT2D eigenvalue weighted by atomic mass is 16.7. The number of benzene rings is 1. The third-order valence-corrected chi connectivity index (χ3v) is 4.84. The van der Waals surface area contributed by atoms with E-state index in [4.69, 9.17) is 14.2 Å². The Morgan fingerprint density at radius 3 is 2.62 bits per heavy atom. The molecule has 2 aliphatic heterocycles. The first-order valence-corrected chi connectivity index (χ1v) is 8.45. The Morgan fingerprint density at radius 1 is 1.21 bits per heavy atom. The van der Waals surface area contributed by atoms with Crippen LogP contribution in [-0.4, -0.2) is 43.6 Å². The summed E-state index contributed by atoms with van der Waals surface area (Å²) >= 11 is 0. The van der Waals surface area contributed by atoms with Crippen molar-refractivity contribution < 1.29 is 19.0 Å². The molecule has 24 heavy (non-hydrogen) atoms. The monoisotopic (exact) mass is 331 g/mol. The third-order valence-electron chi connectivity index (χ3n) is 4.84. The van der Waals surface area contributed by atoms with Crippen LogP contribution in [0, 0.1) is 0 Å². The number of ether oxygens (including phenoxy) is 3. The van der Waals surface area contributed by atoms with Crippen molar-refractivity contribution in [2.24, 2.45) is 0 Å². The first-order chi connectivity index (χ1) is 11.7. The summed E-state index contributed by atoms with van der Waals surface area (Å²) in [7, 11) is 3.30. The van der Waals surface area contributed by atoms with Gasteiger partial charge in [0.2, 0.25) is 0 Å². The lowest BCUT2D eigenvalue weighted by atomic mass is 9.98. The molecule has 1 amide bonds. The minimum atomic E-state index is -0.216. The number of rotatable bonds is 6. The van der Waals surface area contributed by atoms with E-state index in [0.29, 0.717) is 6.61 Å². The van der Waals surface area contributed by atoms with Crippen molar-refractivity contribution in [2.75, 3.05) is 14.2 Å². The molecule has 2 aliphatic rings. The summed E-state index contributed by atoms with van der Waals surface area (Å²) in [5.41, 5.74) is 2.32. The Bertz CT molecular complexity index is 582. The van der Waals surface area contributed by atoms with Crippen LogP contribution in [0.15, 0.2) is 42.0 Å². The fourth-order valence-corrected chi connectivity index (χ4v) is 3.63. The molecule has 5 heteroatoms. The Labute approximate surface area is 143 Å². The molecule has 5 nitrogen and oxygen atoms in total. The van der Waals surface area contributed by atoms with Gasteiger partial charge in [0.1, 0.15) is 6.61 Å². The number of methoxy groups -OCH3 is 2. The molecule has 1 saturated heterocycles. The molecular weight excluding hydrogens is 306 g/mol. The molecular formula is C19H25NO4. The van der Waals surface area contributed by atoms with Crippen LogP contribution in [0.1, 0.15) is 31.2 Å². The molecule has 1 aromatic carbocycles. The molecule has 2 heterocycles. The SMILES string of the molecule is COC(CC1=CC2CCC(C1)N2C(=O)OCc1ccccc1)OC. The van der Waals surface area contributed by atoms with Gasteiger partial charge in [0.25, 0.3) is 0 Å². The van der Waals surface area contributed by atoms with Crippen molar-refractivity contribution in [3.8, 4) is 0 Å². The van der Waals surface area contributed by atoms with Gasteiger partial charge in [-0.25, -0.2) is 4.79 Å². The fraction of sp³-hybridized carbons (Fsp3) is 0.526. The molecule has 2 atom stereocenters. The van der Waals surface area contributed by atoms with E-state index in [1.807, 2.05) is 35.2 Å².